The number of carbonyl (C=O) groups is 1. The molecule has 6 nitrogen and oxygen atoms in total. The third kappa shape index (κ3) is 3.78. The van der Waals surface area contributed by atoms with Gasteiger partial charge in [-0.15, -0.1) is 0 Å². The van der Waals surface area contributed by atoms with Crippen molar-refractivity contribution in [2.75, 3.05) is 26.9 Å². The van der Waals surface area contributed by atoms with Gasteiger partial charge in [0.05, 0.1) is 32.4 Å². The molecule has 2 unspecified atom stereocenters. The predicted octanol–water partition coefficient (Wildman–Crippen LogP) is 5.20. The number of morpholine rings is 1. The van der Waals surface area contributed by atoms with Crippen LogP contribution in [-0.2, 0) is 9.47 Å². The summed E-state index contributed by atoms with van der Waals surface area (Å²) in [6.45, 7) is 3.28. The summed E-state index contributed by atoms with van der Waals surface area (Å²) in [7, 11) is 1.63. The Balaban J connectivity index is 1.21. The number of rotatable bonds is 4. The largest absolute Gasteiger partial charge is 0.481 e. The number of amides is 1. The van der Waals surface area contributed by atoms with Gasteiger partial charge in [0.25, 0.3) is 0 Å². The summed E-state index contributed by atoms with van der Waals surface area (Å²) in [4.78, 5) is 19.7. The fourth-order valence-corrected chi connectivity index (χ4v) is 5.71. The van der Waals surface area contributed by atoms with Gasteiger partial charge in [-0.1, -0.05) is 54.6 Å². The van der Waals surface area contributed by atoms with Gasteiger partial charge in [-0.2, -0.15) is 0 Å². The molecule has 1 saturated heterocycles. The summed E-state index contributed by atoms with van der Waals surface area (Å²) >= 11 is 0. The van der Waals surface area contributed by atoms with Gasteiger partial charge in [0.1, 0.15) is 6.61 Å². The highest BCUT2D eigenvalue weighted by Gasteiger charge is 2.40. The molecule has 2 aromatic carbocycles. The van der Waals surface area contributed by atoms with E-state index in [-0.39, 0.29) is 24.1 Å². The highest BCUT2D eigenvalue weighted by Crippen LogP contribution is 2.44. The van der Waals surface area contributed by atoms with Crippen molar-refractivity contribution in [2.24, 2.45) is 0 Å². The molecule has 3 aromatic rings. The van der Waals surface area contributed by atoms with Crippen molar-refractivity contribution in [2.45, 2.75) is 31.3 Å². The normalized spacial score (nSPS) is 20.6. The average molecular weight is 469 g/mol. The summed E-state index contributed by atoms with van der Waals surface area (Å²) in [5.41, 5.74) is 8.12. The van der Waals surface area contributed by atoms with E-state index >= 15 is 0 Å². The minimum atomic E-state index is -0.274. The Morgan fingerprint density at radius 1 is 1.09 bits per heavy atom. The molecule has 1 amide bonds. The Morgan fingerprint density at radius 2 is 1.80 bits per heavy atom. The van der Waals surface area contributed by atoms with Crippen molar-refractivity contribution >= 4 is 11.7 Å². The smallest absolute Gasteiger partial charge is 0.410 e. The minimum absolute atomic E-state index is 0.0479. The van der Waals surface area contributed by atoms with Gasteiger partial charge in [-0.3, -0.25) is 4.90 Å². The first kappa shape index (κ1) is 21.9. The number of aromatic nitrogens is 1. The summed E-state index contributed by atoms with van der Waals surface area (Å²) in [6, 6.07) is 18.6. The zero-order chi connectivity index (χ0) is 23.9. The zero-order valence-electron chi connectivity index (χ0n) is 19.9. The van der Waals surface area contributed by atoms with Crippen LogP contribution in [0.5, 0.6) is 5.88 Å². The van der Waals surface area contributed by atoms with E-state index in [0.29, 0.717) is 32.1 Å². The van der Waals surface area contributed by atoms with E-state index in [9.17, 15) is 4.79 Å². The van der Waals surface area contributed by atoms with Crippen LogP contribution in [0.25, 0.3) is 16.7 Å². The molecule has 2 bridgehead atoms. The van der Waals surface area contributed by atoms with Crippen LogP contribution < -0.4 is 4.74 Å². The lowest BCUT2D eigenvalue weighted by Gasteiger charge is -2.44. The SMILES string of the molecule is COc1ncc(C2=CC3COCC(C2)N3C(=O)OCC2c3ccccc3-c3ccccc32)cc1C. The number of fused-ring (bicyclic) bond motifs is 5. The molecule has 1 fully saturated rings. The van der Waals surface area contributed by atoms with Crippen LogP contribution in [0.3, 0.4) is 0 Å². The van der Waals surface area contributed by atoms with Gasteiger partial charge >= 0.3 is 6.09 Å². The zero-order valence-corrected chi connectivity index (χ0v) is 19.9. The van der Waals surface area contributed by atoms with E-state index in [0.717, 1.165) is 11.1 Å². The molecular formula is C29H28N2O4. The van der Waals surface area contributed by atoms with Crippen LogP contribution in [-0.4, -0.2) is 55.0 Å². The molecule has 3 heterocycles. The summed E-state index contributed by atoms with van der Waals surface area (Å²) in [5.74, 6) is 0.681. The first-order valence-corrected chi connectivity index (χ1v) is 12.1. The molecule has 3 aliphatic rings. The molecule has 0 radical (unpaired) electrons. The molecule has 178 valence electrons. The lowest BCUT2D eigenvalue weighted by Crippen LogP contribution is -2.56. The van der Waals surface area contributed by atoms with Crippen molar-refractivity contribution < 1.29 is 19.0 Å². The monoisotopic (exact) mass is 468 g/mol. The average Bonchev–Trinajstić information content (AvgIpc) is 3.20. The Morgan fingerprint density at radius 3 is 2.46 bits per heavy atom. The Labute approximate surface area is 205 Å². The third-order valence-electron chi connectivity index (χ3n) is 7.34. The van der Waals surface area contributed by atoms with E-state index in [1.165, 1.54) is 27.8 Å². The molecule has 2 atom stereocenters. The number of nitrogens with zero attached hydrogens (tertiary/aromatic N) is 2. The first-order chi connectivity index (χ1) is 17.1. The maximum Gasteiger partial charge on any atom is 0.410 e. The van der Waals surface area contributed by atoms with Crippen molar-refractivity contribution in [3.8, 4) is 17.0 Å². The van der Waals surface area contributed by atoms with Crippen LogP contribution in [0.2, 0.25) is 0 Å². The van der Waals surface area contributed by atoms with Gasteiger partial charge in [-0.05, 0) is 52.8 Å². The summed E-state index contributed by atoms with van der Waals surface area (Å²) in [5, 5.41) is 0. The molecule has 0 saturated carbocycles. The van der Waals surface area contributed by atoms with E-state index < -0.39 is 0 Å². The van der Waals surface area contributed by atoms with Gasteiger partial charge in [0.2, 0.25) is 5.88 Å². The van der Waals surface area contributed by atoms with Gasteiger partial charge in [0.15, 0.2) is 0 Å². The number of carbonyl (C=O) groups excluding carboxylic acids is 1. The third-order valence-corrected chi connectivity index (χ3v) is 7.34. The highest BCUT2D eigenvalue weighted by molar-refractivity contribution is 5.79. The highest BCUT2D eigenvalue weighted by atomic mass is 16.6. The van der Waals surface area contributed by atoms with Crippen LogP contribution in [0.4, 0.5) is 4.79 Å². The number of hydrogen-bond donors (Lipinski definition) is 0. The lowest BCUT2D eigenvalue weighted by molar-refractivity contribution is -0.0331. The van der Waals surface area contributed by atoms with Crippen LogP contribution >= 0.6 is 0 Å². The maximum atomic E-state index is 13.4. The number of methoxy groups -OCH3 is 1. The fraction of sp³-hybridized carbons (Fsp3) is 0.310. The second kappa shape index (κ2) is 8.86. The number of aryl methyl sites for hydroxylation is 1. The van der Waals surface area contributed by atoms with Crippen molar-refractivity contribution in [3.05, 3.63) is 89.1 Å². The van der Waals surface area contributed by atoms with Crippen molar-refractivity contribution in [1.29, 1.82) is 0 Å². The Bertz CT molecular complexity index is 1270. The van der Waals surface area contributed by atoms with Gasteiger partial charge in [0, 0.05) is 17.7 Å². The number of ether oxygens (including phenoxy) is 3. The van der Waals surface area contributed by atoms with E-state index in [1.807, 2.05) is 30.2 Å². The first-order valence-electron chi connectivity index (χ1n) is 12.1. The number of pyridine rings is 1. The van der Waals surface area contributed by atoms with Crippen LogP contribution in [0.15, 0.2) is 66.9 Å². The molecule has 2 aliphatic heterocycles. The fourth-order valence-electron chi connectivity index (χ4n) is 5.71. The second-order valence-electron chi connectivity index (χ2n) is 9.42. The number of benzene rings is 2. The quantitative estimate of drug-likeness (QED) is 0.527. The Hall–Kier alpha value is -3.64. The van der Waals surface area contributed by atoms with E-state index in [2.05, 4.69) is 53.5 Å². The van der Waals surface area contributed by atoms with Crippen molar-refractivity contribution in [3.63, 3.8) is 0 Å². The predicted molar refractivity (Wildman–Crippen MR) is 133 cm³/mol. The molecule has 6 rings (SSSR count). The van der Waals surface area contributed by atoms with Gasteiger partial charge in [-0.25, -0.2) is 9.78 Å². The standard InChI is InChI=1S/C29H28N2O4/c1-18-11-20(14-30-28(18)33-2)19-12-21-15-34-16-22(13-19)31(21)29(32)35-17-27-25-9-5-3-7-23(25)24-8-4-6-10-26(24)27/h3-12,14,21-22,27H,13,15-17H2,1-2H3. The van der Waals surface area contributed by atoms with E-state index in [4.69, 9.17) is 14.2 Å². The summed E-state index contributed by atoms with van der Waals surface area (Å²) < 4.78 is 17.1. The molecule has 1 aromatic heterocycles. The second-order valence-corrected chi connectivity index (χ2v) is 9.42. The Kier molecular flexibility index (Phi) is 5.53. The molecule has 35 heavy (non-hydrogen) atoms. The topological polar surface area (TPSA) is 60.9 Å². The van der Waals surface area contributed by atoms with Crippen LogP contribution in [0.1, 0.15) is 34.6 Å². The van der Waals surface area contributed by atoms with Crippen LogP contribution in [0, 0.1) is 6.92 Å². The lowest BCUT2D eigenvalue weighted by atomic mass is 9.90. The molecule has 6 heteroatoms. The summed E-state index contributed by atoms with van der Waals surface area (Å²) in [6.07, 6.45) is 4.40. The maximum absolute atomic E-state index is 13.4. The minimum Gasteiger partial charge on any atom is -0.481 e. The molecule has 0 N–H and O–H groups in total. The molecule has 0 spiro atoms. The van der Waals surface area contributed by atoms with Crippen molar-refractivity contribution in [1.82, 2.24) is 9.88 Å². The molecular weight excluding hydrogens is 440 g/mol. The van der Waals surface area contributed by atoms with Gasteiger partial charge < -0.3 is 14.2 Å². The molecule has 1 aliphatic carbocycles. The number of hydrogen-bond acceptors (Lipinski definition) is 5. The van der Waals surface area contributed by atoms with E-state index in [1.54, 1.807) is 7.11 Å².